The van der Waals surface area contributed by atoms with Crippen LogP contribution in [0.5, 0.6) is 0 Å². The van der Waals surface area contributed by atoms with Crippen molar-refractivity contribution in [2.24, 2.45) is 17.8 Å². The average molecular weight is 667 g/mol. The Balaban J connectivity index is 1.55. The minimum atomic E-state index is -1.03. The Bertz CT molecular complexity index is 1080. The number of nitrogens with one attached hydrogen (secondary N) is 1. The maximum absolute atomic E-state index is 14.0. The zero-order chi connectivity index (χ0) is 34.7. The SMILES string of the molecule is CO[C@]1(C)C[C@@H](C)CN(C)C2(CCN(C(=O)CNC3CCC3)CC2)COC(=O)C(C)C(=O)[C@H](C)[C@H]1O[C@@H]1O[C@H](C)C[C@H](N(C)C)[C@H]1O. The van der Waals surface area contributed by atoms with E-state index in [2.05, 4.69) is 24.2 Å². The number of nitrogens with zero attached hydrogens (tertiary/aromatic N) is 3. The second-order valence-electron chi connectivity index (χ2n) is 15.5. The molecule has 0 aromatic heterocycles. The zero-order valence-corrected chi connectivity index (χ0v) is 30.3. The summed E-state index contributed by atoms with van der Waals surface area (Å²) < 4.78 is 24.9. The summed E-state index contributed by atoms with van der Waals surface area (Å²) in [5.74, 6) is -2.45. The van der Waals surface area contributed by atoms with Gasteiger partial charge < -0.3 is 39.2 Å². The van der Waals surface area contributed by atoms with Crippen molar-refractivity contribution in [1.82, 2.24) is 20.0 Å². The Morgan fingerprint density at radius 3 is 2.36 bits per heavy atom. The summed E-state index contributed by atoms with van der Waals surface area (Å²) in [6.07, 6.45) is 3.11. The molecule has 12 heteroatoms. The van der Waals surface area contributed by atoms with E-state index in [0.29, 0.717) is 57.9 Å². The molecule has 2 N–H and O–H groups in total. The molecule has 3 aliphatic heterocycles. The van der Waals surface area contributed by atoms with Crippen LogP contribution in [0, 0.1) is 17.8 Å². The van der Waals surface area contributed by atoms with Crippen molar-refractivity contribution in [3.63, 3.8) is 0 Å². The molecule has 9 atom stereocenters. The molecule has 4 rings (SSSR count). The summed E-state index contributed by atoms with van der Waals surface area (Å²) in [5, 5.41) is 14.7. The normalized spacial score (nSPS) is 38.3. The molecule has 1 unspecified atom stereocenters. The number of aliphatic hydroxyl groups is 1. The van der Waals surface area contributed by atoms with Crippen LogP contribution in [-0.2, 0) is 33.3 Å². The Morgan fingerprint density at radius 1 is 1.13 bits per heavy atom. The topological polar surface area (TPSA) is 130 Å². The maximum Gasteiger partial charge on any atom is 0.316 e. The molecule has 1 saturated carbocycles. The van der Waals surface area contributed by atoms with E-state index in [1.807, 2.05) is 37.7 Å². The Morgan fingerprint density at radius 2 is 1.79 bits per heavy atom. The van der Waals surface area contributed by atoms with Gasteiger partial charge in [-0.3, -0.25) is 19.3 Å². The number of ether oxygens (including phenoxy) is 4. The predicted octanol–water partition coefficient (Wildman–Crippen LogP) is 2.06. The van der Waals surface area contributed by atoms with E-state index in [1.54, 1.807) is 21.0 Å². The first-order valence-electron chi connectivity index (χ1n) is 17.7. The number of carbonyl (C=O) groups is 3. The third-order valence-electron chi connectivity index (χ3n) is 11.6. The third kappa shape index (κ3) is 8.74. The van der Waals surface area contributed by atoms with Crippen molar-refractivity contribution < 1.29 is 38.4 Å². The van der Waals surface area contributed by atoms with Gasteiger partial charge in [0.25, 0.3) is 0 Å². The van der Waals surface area contributed by atoms with Crippen molar-refractivity contribution >= 4 is 17.7 Å². The van der Waals surface area contributed by atoms with Crippen LogP contribution in [0.3, 0.4) is 0 Å². The molecule has 0 aromatic carbocycles. The van der Waals surface area contributed by atoms with Gasteiger partial charge in [-0.2, -0.15) is 0 Å². The molecule has 3 heterocycles. The van der Waals surface area contributed by atoms with Gasteiger partial charge in [0.15, 0.2) is 12.1 Å². The van der Waals surface area contributed by atoms with Crippen molar-refractivity contribution in [3.8, 4) is 0 Å². The smallest absolute Gasteiger partial charge is 0.316 e. The number of esters is 1. The van der Waals surface area contributed by atoms with E-state index in [4.69, 9.17) is 18.9 Å². The van der Waals surface area contributed by atoms with Crippen molar-refractivity contribution in [2.45, 2.75) is 127 Å². The highest BCUT2D eigenvalue weighted by molar-refractivity contribution is 6.00. The molecule has 4 aliphatic rings. The number of Topliss-reactive ketones (excluding diaryl/α,β-unsaturated/α-hetero) is 1. The molecule has 1 aliphatic carbocycles. The highest BCUT2D eigenvalue weighted by Crippen LogP contribution is 2.38. The predicted molar refractivity (Wildman–Crippen MR) is 178 cm³/mol. The first-order chi connectivity index (χ1) is 22.1. The monoisotopic (exact) mass is 666 g/mol. The summed E-state index contributed by atoms with van der Waals surface area (Å²) >= 11 is 0. The van der Waals surface area contributed by atoms with Gasteiger partial charge in [-0.1, -0.05) is 20.3 Å². The molecule has 3 saturated heterocycles. The molecule has 12 nitrogen and oxygen atoms in total. The molecule has 0 aromatic rings. The largest absolute Gasteiger partial charge is 0.463 e. The Hall–Kier alpha value is -1.67. The van der Waals surface area contributed by atoms with Gasteiger partial charge in [0, 0.05) is 44.7 Å². The molecule has 1 spiro atoms. The minimum Gasteiger partial charge on any atom is -0.463 e. The lowest BCUT2D eigenvalue weighted by Gasteiger charge is -2.48. The van der Waals surface area contributed by atoms with Gasteiger partial charge in [-0.25, -0.2) is 0 Å². The summed E-state index contributed by atoms with van der Waals surface area (Å²) in [7, 11) is 7.52. The molecule has 0 bridgehead atoms. The molecule has 47 heavy (non-hydrogen) atoms. The fourth-order valence-electron chi connectivity index (χ4n) is 8.08. The number of rotatable bonds is 7. The van der Waals surface area contributed by atoms with Gasteiger partial charge in [-0.05, 0) is 86.4 Å². The standard InChI is InChI=1S/C35H62N4O8/c1-22-18-34(5,44-9)31(47-33-30(42)27(37(6)7)17-23(2)46-33)24(3)29(41)25(4)32(43)45-21-35(38(8)20-22)13-15-39(16-14-35)28(40)19-36-26-11-10-12-26/h22-27,30-31,33,36,42H,10-21H2,1-9H3/t22-,23-,24+,25?,27+,30-,31-,33+,34-/m1/s1. The number of amides is 1. The number of likely N-dealkylation sites (N-methyl/N-ethyl adjacent to an activating group) is 2. The van der Waals surface area contributed by atoms with Crippen LogP contribution in [-0.4, -0.2) is 146 Å². The number of methoxy groups -OCH3 is 1. The number of likely N-dealkylation sites (tertiary alicyclic amines) is 1. The Labute approximate surface area is 282 Å². The summed E-state index contributed by atoms with van der Waals surface area (Å²) in [6, 6.07) is 0.267. The van der Waals surface area contributed by atoms with E-state index in [-0.39, 0.29) is 36.4 Å². The molecule has 1 amide bonds. The molecule has 270 valence electrons. The second kappa shape index (κ2) is 15.9. The van der Waals surface area contributed by atoms with E-state index in [1.165, 1.54) is 6.42 Å². The zero-order valence-electron chi connectivity index (χ0n) is 30.3. The number of aliphatic hydroxyl groups excluding tert-OH is 1. The molecule has 0 radical (unpaired) electrons. The van der Waals surface area contributed by atoms with E-state index >= 15 is 0 Å². The number of piperidine rings is 1. The first-order valence-corrected chi connectivity index (χ1v) is 17.7. The highest BCUT2D eigenvalue weighted by Gasteiger charge is 2.50. The van der Waals surface area contributed by atoms with Gasteiger partial charge in [-0.15, -0.1) is 0 Å². The fraction of sp³-hybridized carbons (Fsp3) is 0.914. The van der Waals surface area contributed by atoms with Crippen LogP contribution in [0.1, 0.15) is 79.6 Å². The van der Waals surface area contributed by atoms with E-state index < -0.39 is 47.4 Å². The van der Waals surface area contributed by atoms with E-state index in [0.717, 1.165) is 12.8 Å². The van der Waals surface area contributed by atoms with Gasteiger partial charge in [0.2, 0.25) is 5.91 Å². The van der Waals surface area contributed by atoms with Gasteiger partial charge >= 0.3 is 5.97 Å². The lowest BCUT2D eigenvalue weighted by molar-refractivity contribution is -0.295. The van der Waals surface area contributed by atoms with Crippen LogP contribution >= 0.6 is 0 Å². The maximum atomic E-state index is 14.0. The number of hydrogen-bond acceptors (Lipinski definition) is 11. The lowest BCUT2D eigenvalue weighted by Crippen LogP contribution is -2.60. The van der Waals surface area contributed by atoms with Crippen LogP contribution in [0.2, 0.25) is 0 Å². The van der Waals surface area contributed by atoms with Crippen molar-refractivity contribution in [1.29, 1.82) is 0 Å². The number of hydrogen-bond donors (Lipinski definition) is 2. The van der Waals surface area contributed by atoms with Gasteiger partial charge in [0.1, 0.15) is 18.6 Å². The summed E-state index contributed by atoms with van der Waals surface area (Å²) in [5.41, 5.74) is -1.41. The second-order valence-corrected chi connectivity index (χ2v) is 15.5. The van der Waals surface area contributed by atoms with Crippen molar-refractivity contribution in [3.05, 3.63) is 0 Å². The Kier molecular flexibility index (Phi) is 12.9. The quantitative estimate of drug-likeness (QED) is 0.306. The summed E-state index contributed by atoms with van der Waals surface area (Å²) in [4.78, 5) is 46.6. The van der Waals surface area contributed by atoms with Crippen LogP contribution in [0.4, 0.5) is 0 Å². The fourth-order valence-corrected chi connectivity index (χ4v) is 8.08. The first kappa shape index (κ1) is 38.1. The summed E-state index contributed by atoms with van der Waals surface area (Å²) in [6.45, 7) is 11.7. The van der Waals surface area contributed by atoms with Crippen LogP contribution in [0.25, 0.3) is 0 Å². The molecular formula is C35H62N4O8. The van der Waals surface area contributed by atoms with Crippen LogP contribution in [0.15, 0.2) is 0 Å². The van der Waals surface area contributed by atoms with Crippen molar-refractivity contribution in [2.75, 3.05) is 61.0 Å². The van der Waals surface area contributed by atoms with E-state index in [9.17, 15) is 19.5 Å². The molecule has 4 fully saturated rings. The van der Waals surface area contributed by atoms with Crippen LogP contribution < -0.4 is 5.32 Å². The lowest BCUT2D eigenvalue weighted by atomic mass is 9.78. The third-order valence-corrected chi connectivity index (χ3v) is 11.6. The number of ketones is 1. The minimum absolute atomic E-state index is 0.0982. The molecular weight excluding hydrogens is 604 g/mol. The number of cyclic esters (lactones) is 1. The average Bonchev–Trinajstić information content (AvgIpc) is 3.01. The van der Waals surface area contributed by atoms with Gasteiger partial charge in [0.05, 0.1) is 29.9 Å². The number of carbonyl (C=O) groups excluding carboxylic acids is 3. The highest BCUT2D eigenvalue weighted by atomic mass is 16.7.